The molecule has 2 rings (SSSR count). The van der Waals surface area contributed by atoms with Gasteiger partial charge in [-0.1, -0.05) is 12.1 Å². The molecule has 1 aromatic rings. The molecule has 1 aromatic carbocycles. The first-order valence-corrected chi connectivity index (χ1v) is 6.63. The lowest BCUT2D eigenvalue weighted by molar-refractivity contribution is -0.0440. The number of rotatable bonds is 2. The molecule has 1 amide bonds. The lowest BCUT2D eigenvalue weighted by Gasteiger charge is -2.39. The van der Waals surface area contributed by atoms with E-state index in [0.717, 1.165) is 24.3 Å². The van der Waals surface area contributed by atoms with Crippen LogP contribution >= 0.6 is 12.6 Å². The summed E-state index contributed by atoms with van der Waals surface area (Å²) in [4.78, 5) is 15.0. The van der Waals surface area contributed by atoms with Crippen molar-refractivity contribution in [3.63, 3.8) is 0 Å². The van der Waals surface area contributed by atoms with Crippen LogP contribution in [-0.2, 0) is 4.74 Å². The number of likely N-dealkylation sites (tertiary alicyclic amines) is 1. The number of piperidine rings is 1. The van der Waals surface area contributed by atoms with Gasteiger partial charge < -0.3 is 9.64 Å². The molecule has 1 fully saturated rings. The summed E-state index contributed by atoms with van der Waals surface area (Å²) in [6.45, 7) is 3.49. The molecule has 0 aromatic heterocycles. The Morgan fingerprint density at radius 3 is 2.83 bits per heavy atom. The molecule has 1 saturated heterocycles. The number of ether oxygens (including phenoxy) is 1. The highest BCUT2D eigenvalue weighted by Gasteiger charge is 2.33. The van der Waals surface area contributed by atoms with Gasteiger partial charge >= 0.3 is 0 Å². The number of methoxy groups -OCH3 is 1. The first-order chi connectivity index (χ1) is 8.56. The van der Waals surface area contributed by atoms with Crippen molar-refractivity contribution in [3.8, 4) is 0 Å². The molecule has 0 N–H and O–H groups in total. The summed E-state index contributed by atoms with van der Waals surface area (Å²) < 4.78 is 5.51. The second-order valence-corrected chi connectivity index (χ2v) is 5.48. The molecular weight excluding hydrogens is 246 g/mol. The number of thiol groups is 1. The van der Waals surface area contributed by atoms with Gasteiger partial charge in [0.25, 0.3) is 5.91 Å². The third kappa shape index (κ3) is 2.70. The van der Waals surface area contributed by atoms with Gasteiger partial charge in [0.1, 0.15) is 0 Å². The van der Waals surface area contributed by atoms with Crippen LogP contribution in [0.3, 0.4) is 0 Å². The van der Waals surface area contributed by atoms with Crippen molar-refractivity contribution in [1.29, 1.82) is 0 Å². The highest BCUT2D eigenvalue weighted by atomic mass is 32.1. The summed E-state index contributed by atoms with van der Waals surface area (Å²) in [6, 6.07) is 7.42. The molecule has 0 bridgehead atoms. The van der Waals surface area contributed by atoms with Gasteiger partial charge in [0.05, 0.1) is 11.2 Å². The smallest absolute Gasteiger partial charge is 0.255 e. The number of benzene rings is 1. The van der Waals surface area contributed by atoms with E-state index in [0.29, 0.717) is 12.1 Å². The van der Waals surface area contributed by atoms with E-state index in [1.807, 2.05) is 29.2 Å². The van der Waals surface area contributed by atoms with Crippen molar-refractivity contribution >= 4 is 18.5 Å². The van der Waals surface area contributed by atoms with Crippen LogP contribution in [0.4, 0.5) is 0 Å². The van der Waals surface area contributed by atoms with E-state index in [-0.39, 0.29) is 11.5 Å². The van der Waals surface area contributed by atoms with Crippen molar-refractivity contribution in [3.05, 3.63) is 29.8 Å². The van der Waals surface area contributed by atoms with Crippen LogP contribution < -0.4 is 0 Å². The predicted octanol–water partition coefficient (Wildman–Crippen LogP) is 2.62. The standard InChI is InChI=1S/C14H19NO2S/c1-14(17-2)8-5-9-15(10-14)13(16)11-6-3-4-7-12(11)18/h3-4,6-7,18H,5,8-10H2,1-2H3. The minimum Gasteiger partial charge on any atom is -0.377 e. The van der Waals surface area contributed by atoms with E-state index >= 15 is 0 Å². The maximum atomic E-state index is 12.4. The van der Waals surface area contributed by atoms with Crippen molar-refractivity contribution in [1.82, 2.24) is 4.90 Å². The van der Waals surface area contributed by atoms with E-state index < -0.39 is 0 Å². The maximum Gasteiger partial charge on any atom is 0.255 e. The summed E-state index contributed by atoms with van der Waals surface area (Å²) >= 11 is 4.34. The predicted molar refractivity (Wildman–Crippen MR) is 74.2 cm³/mol. The monoisotopic (exact) mass is 265 g/mol. The Morgan fingerprint density at radius 1 is 1.44 bits per heavy atom. The second-order valence-electron chi connectivity index (χ2n) is 5.00. The first kappa shape index (κ1) is 13.4. The molecule has 1 aliphatic rings. The Morgan fingerprint density at radius 2 is 2.17 bits per heavy atom. The van der Waals surface area contributed by atoms with Gasteiger partial charge in [0, 0.05) is 25.1 Å². The van der Waals surface area contributed by atoms with Crippen molar-refractivity contribution in [2.24, 2.45) is 0 Å². The van der Waals surface area contributed by atoms with Gasteiger partial charge in [-0.25, -0.2) is 0 Å². The Labute approximate surface area is 114 Å². The van der Waals surface area contributed by atoms with E-state index in [9.17, 15) is 4.79 Å². The van der Waals surface area contributed by atoms with Gasteiger partial charge in [0.2, 0.25) is 0 Å². The third-order valence-corrected chi connectivity index (χ3v) is 3.96. The minimum atomic E-state index is -0.223. The lowest BCUT2D eigenvalue weighted by atomic mass is 9.94. The largest absolute Gasteiger partial charge is 0.377 e. The molecule has 1 aliphatic heterocycles. The van der Waals surface area contributed by atoms with Crippen LogP contribution in [0.5, 0.6) is 0 Å². The molecule has 3 nitrogen and oxygen atoms in total. The van der Waals surface area contributed by atoms with E-state index in [1.165, 1.54) is 0 Å². The highest BCUT2D eigenvalue weighted by molar-refractivity contribution is 7.80. The van der Waals surface area contributed by atoms with Gasteiger partial charge in [-0.15, -0.1) is 12.6 Å². The Hall–Kier alpha value is -1.00. The van der Waals surface area contributed by atoms with Crippen LogP contribution in [0, 0.1) is 0 Å². The molecule has 0 radical (unpaired) electrons. The molecule has 1 heterocycles. The summed E-state index contributed by atoms with van der Waals surface area (Å²) in [5.74, 6) is 0.0450. The van der Waals surface area contributed by atoms with Crippen LogP contribution in [0.1, 0.15) is 30.1 Å². The Balaban J connectivity index is 2.17. The highest BCUT2D eigenvalue weighted by Crippen LogP contribution is 2.26. The van der Waals surface area contributed by atoms with Gasteiger partial charge in [-0.2, -0.15) is 0 Å². The van der Waals surface area contributed by atoms with Crippen LogP contribution in [0.15, 0.2) is 29.2 Å². The number of hydrogen-bond donors (Lipinski definition) is 1. The SMILES string of the molecule is COC1(C)CCCN(C(=O)c2ccccc2S)C1. The average molecular weight is 265 g/mol. The zero-order chi connectivity index (χ0) is 13.2. The molecule has 0 saturated carbocycles. The number of amides is 1. The lowest BCUT2D eigenvalue weighted by Crippen LogP contribution is -2.49. The fraction of sp³-hybridized carbons (Fsp3) is 0.500. The average Bonchev–Trinajstić information content (AvgIpc) is 2.39. The normalized spacial score (nSPS) is 24.1. The fourth-order valence-electron chi connectivity index (χ4n) is 2.37. The summed E-state index contributed by atoms with van der Waals surface area (Å²) in [6.07, 6.45) is 1.97. The van der Waals surface area contributed by atoms with Crippen molar-refractivity contribution < 1.29 is 9.53 Å². The summed E-state index contributed by atoms with van der Waals surface area (Å²) in [7, 11) is 1.71. The third-order valence-electron chi connectivity index (χ3n) is 3.57. The molecule has 98 valence electrons. The van der Waals surface area contributed by atoms with Gasteiger partial charge in [0.15, 0.2) is 0 Å². The van der Waals surface area contributed by atoms with Gasteiger partial charge in [-0.3, -0.25) is 4.79 Å². The van der Waals surface area contributed by atoms with Gasteiger partial charge in [-0.05, 0) is 31.9 Å². The fourth-order valence-corrected chi connectivity index (χ4v) is 2.63. The number of hydrogen-bond acceptors (Lipinski definition) is 3. The summed E-state index contributed by atoms with van der Waals surface area (Å²) in [5.41, 5.74) is 0.445. The van der Waals surface area contributed by atoms with Crippen LogP contribution in [0.25, 0.3) is 0 Å². The zero-order valence-electron chi connectivity index (χ0n) is 10.8. The molecule has 0 spiro atoms. The Kier molecular flexibility index (Phi) is 3.97. The quantitative estimate of drug-likeness (QED) is 0.833. The molecular formula is C14H19NO2S. The van der Waals surface area contributed by atoms with E-state index in [4.69, 9.17) is 4.74 Å². The second kappa shape index (κ2) is 5.33. The molecule has 18 heavy (non-hydrogen) atoms. The summed E-state index contributed by atoms with van der Waals surface area (Å²) in [5, 5.41) is 0. The number of carbonyl (C=O) groups excluding carboxylic acids is 1. The van der Waals surface area contributed by atoms with Crippen molar-refractivity contribution in [2.45, 2.75) is 30.3 Å². The van der Waals surface area contributed by atoms with E-state index in [2.05, 4.69) is 19.6 Å². The molecule has 1 atom stereocenters. The number of carbonyl (C=O) groups is 1. The number of nitrogens with zero attached hydrogens (tertiary/aromatic N) is 1. The zero-order valence-corrected chi connectivity index (χ0v) is 11.7. The molecule has 4 heteroatoms. The Bertz CT molecular complexity index is 449. The maximum absolute atomic E-state index is 12.4. The topological polar surface area (TPSA) is 29.5 Å². The van der Waals surface area contributed by atoms with Crippen LogP contribution in [0.2, 0.25) is 0 Å². The first-order valence-electron chi connectivity index (χ1n) is 6.18. The molecule has 1 unspecified atom stereocenters. The molecule has 0 aliphatic carbocycles. The van der Waals surface area contributed by atoms with Crippen molar-refractivity contribution in [2.75, 3.05) is 20.2 Å². The van der Waals surface area contributed by atoms with Crippen LogP contribution in [-0.4, -0.2) is 36.6 Å². The minimum absolute atomic E-state index is 0.0450. The van der Waals surface area contributed by atoms with E-state index in [1.54, 1.807) is 7.11 Å².